The van der Waals surface area contributed by atoms with Crippen LogP contribution in [0.4, 0.5) is 0 Å². The molecule has 0 spiro atoms. The second-order valence-corrected chi connectivity index (χ2v) is 2.74. The van der Waals surface area contributed by atoms with Gasteiger partial charge in [0.25, 0.3) is 0 Å². The zero-order valence-corrected chi connectivity index (χ0v) is 8.12. The first-order valence-corrected chi connectivity index (χ1v) is 4.46. The number of hydrogen-bond acceptors (Lipinski definition) is 2. The molecule has 0 heterocycles. The Kier molecular flexibility index (Phi) is 4.50. The van der Waals surface area contributed by atoms with Crippen LogP contribution in [0.2, 0.25) is 0 Å². The van der Waals surface area contributed by atoms with Crippen molar-refractivity contribution in [3.05, 3.63) is 35.9 Å². The molecule has 71 valence electrons. The van der Waals surface area contributed by atoms with Gasteiger partial charge in [0, 0.05) is 20.1 Å². The van der Waals surface area contributed by atoms with Gasteiger partial charge in [0.2, 0.25) is 0 Å². The molecule has 2 heteroatoms. The second kappa shape index (κ2) is 5.73. The topological polar surface area (TPSA) is 18.5 Å². The maximum Gasteiger partial charge on any atom is 0.161 e. The molecule has 0 bridgehead atoms. The van der Waals surface area contributed by atoms with E-state index in [1.807, 2.05) is 31.2 Å². The fraction of sp³-hybridized carbons (Fsp3) is 0.455. The zero-order valence-electron chi connectivity index (χ0n) is 8.12. The lowest BCUT2D eigenvalue weighted by molar-refractivity contribution is -0.118. The summed E-state index contributed by atoms with van der Waals surface area (Å²) in [6.07, 6.45) is 0.641. The van der Waals surface area contributed by atoms with Crippen LogP contribution in [0.15, 0.2) is 24.3 Å². The van der Waals surface area contributed by atoms with Gasteiger partial charge in [-0.3, -0.25) is 0 Å². The molecule has 1 atom stereocenters. The highest BCUT2D eigenvalue weighted by Gasteiger charge is 2.06. The van der Waals surface area contributed by atoms with Crippen molar-refractivity contribution in [2.45, 2.75) is 19.6 Å². The van der Waals surface area contributed by atoms with Crippen molar-refractivity contribution in [3.8, 4) is 0 Å². The number of benzene rings is 1. The summed E-state index contributed by atoms with van der Waals surface area (Å²) in [4.78, 5) is 0. The lowest BCUT2D eigenvalue weighted by Crippen LogP contribution is -2.18. The third kappa shape index (κ3) is 3.57. The molecule has 1 rings (SSSR count). The maximum atomic E-state index is 5.36. The van der Waals surface area contributed by atoms with E-state index < -0.39 is 0 Å². The van der Waals surface area contributed by atoms with Gasteiger partial charge >= 0.3 is 0 Å². The van der Waals surface area contributed by atoms with Gasteiger partial charge in [-0.05, 0) is 18.6 Å². The lowest BCUT2D eigenvalue weighted by Gasteiger charge is -2.14. The van der Waals surface area contributed by atoms with Crippen molar-refractivity contribution in [1.82, 2.24) is 0 Å². The normalized spacial score (nSPS) is 12.8. The molecular weight excluding hydrogens is 164 g/mol. The summed E-state index contributed by atoms with van der Waals surface area (Å²) in [7, 11) is 1.66. The van der Waals surface area contributed by atoms with Crippen LogP contribution in [0.3, 0.4) is 0 Å². The Morgan fingerprint density at radius 2 is 2.38 bits per heavy atom. The van der Waals surface area contributed by atoms with Gasteiger partial charge in [-0.15, -0.1) is 0 Å². The Morgan fingerprint density at radius 1 is 1.54 bits per heavy atom. The molecule has 0 aliphatic heterocycles. The smallest absolute Gasteiger partial charge is 0.161 e. The van der Waals surface area contributed by atoms with Crippen LogP contribution in [0.5, 0.6) is 0 Å². The Balaban J connectivity index is 2.46. The van der Waals surface area contributed by atoms with Gasteiger partial charge in [-0.2, -0.15) is 0 Å². The van der Waals surface area contributed by atoms with Crippen molar-refractivity contribution in [2.24, 2.45) is 0 Å². The molecule has 0 saturated carbocycles. The summed E-state index contributed by atoms with van der Waals surface area (Å²) in [6.45, 7) is 2.64. The van der Waals surface area contributed by atoms with Gasteiger partial charge in [-0.1, -0.05) is 24.3 Å². The highest BCUT2D eigenvalue weighted by atomic mass is 16.7. The fourth-order valence-corrected chi connectivity index (χ4v) is 1.15. The predicted octanol–water partition coefficient (Wildman–Crippen LogP) is 2.04. The minimum atomic E-state index is -0.138. The Labute approximate surface area is 79.5 Å². The van der Waals surface area contributed by atoms with Crippen molar-refractivity contribution in [1.29, 1.82) is 0 Å². The summed E-state index contributed by atoms with van der Waals surface area (Å²) < 4.78 is 10.5. The predicted molar refractivity (Wildman–Crippen MR) is 51.4 cm³/mol. The molecule has 1 unspecified atom stereocenters. The van der Waals surface area contributed by atoms with Crippen LogP contribution in [0.1, 0.15) is 12.5 Å². The molecule has 0 N–H and O–H groups in total. The largest absolute Gasteiger partial charge is 0.356 e. The van der Waals surface area contributed by atoms with Crippen molar-refractivity contribution < 1.29 is 9.47 Å². The van der Waals surface area contributed by atoms with E-state index in [4.69, 9.17) is 9.47 Å². The SMILES string of the molecule is CCOC(Cc1c[c]ccc1)OC. The van der Waals surface area contributed by atoms with E-state index >= 15 is 0 Å². The number of ether oxygens (including phenoxy) is 2. The Hall–Kier alpha value is -0.860. The van der Waals surface area contributed by atoms with Gasteiger partial charge in [0.05, 0.1) is 0 Å². The van der Waals surface area contributed by atoms with E-state index in [1.165, 1.54) is 5.56 Å². The van der Waals surface area contributed by atoms with Crippen LogP contribution < -0.4 is 0 Å². The van der Waals surface area contributed by atoms with E-state index in [0.29, 0.717) is 6.61 Å². The molecule has 1 radical (unpaired) electrons. The first kappa shape index (κ1) is 10.2. The quantitative estimate of drug-likeness (QED) is 0.644. The minimum Gasteiger partial charge on any atom is -0.356 e. The lowest BCUT2D eigenvalue weighted by atomic mass is 10.1. The van der Waals surface area contributed by atoms with Gasteiger partial charge < -0.3 is 9.47 Å². The summed E-state index contributed by atoms with van der Waals surface area (Å²) in [6, 6.07) is 10.9. The molecule has 0 saturated heterocycles. The molecule has 0 aromatic heterocycles. The monoisotopic (exact) mass is 179 g/mol. The van der Waals surface area contributed by atoms with E-state index in [2.05, 4.69) is 6.07 Å². The Morgan fingerprint density at radius 3 is 2.92 bits per heavy atom. The summed E-state index contributed by atoms with van der Waals surface area (Å²) >= 11 is 0. The van der Waals surface area contributed by atoms with Crippen molar-refractivity contribution >= 4 is 0 Å². The average molecular weight is 179 g/mol. The zero-order chi connectivity index (χ0) is 9.52. The molecule has 2 nitrogen and oxygen atoms in total. The van der Waals surface area contributed by atoms with Gasteiger partial charge in [0.1, 0.15) is 0 Å². The molecule has 1 aromatic rings. The summed E-state index contributed by atoms with van der Waals surface area (Å²) in [5.41, 5.74) is 1.18. The van der Waals surface area contributed by atoms with Crippen LogP contribution >= 0.6 is 0 Å². The molecule has 13 heavy (non-hydrogen) atoms. The summed E-state index contributed by atoms with van der Waals surface area (Å²) in [5.74, 6) is 0. The van der Waals surface area contributed by atoms with E-state index in [-0.39, 0.29) is 6.29 Å². The molecule has 0 aliphatic rings. The van der Waals surface area contributed by atoms with Crippen molar-refractivity contribution in [2.75, 3.05) is 13.7 Å². The summed E-state index contributed by atoms with van der Waals surface area (Å²) in [5, 5.41) is 0. The average Bonchev–Trinajstić information content (AvgIpc) is 2.19. The van der Waals surface area contributed by atoms with E-state index in [9.17, 15) is 0 Å². The van der Waals surface area contributed by atoms with E-state index in [1.54, 1.807) is 7.11 Å². The first-order chi connectivity index (χ1) is 6.36. The van der Waals surface area contributed by atoms with Crippen LogP contribution in [0.25, 0.3) is 0 Å². The van der Waals surface area contributed by atoms with Gasteiger partial charge in [0.15, 0.2) is 6.29 Å². The molecular formula is C11H15O2. The fourth-order valence-electron chi connectivity index (χ4n) is 1.15. The molecule has 0 aliphatic carbocycles. The second-order valence-electron chi connectivity index (χ2n) is 2.74. The molecule has 0 fully saturated rings. The molecule has 0 amide bonds. The van der Waals surface area contributed by atoms with Crippen LogP contribution in [0, 0.1) is 6.07 Å². The van der Waals surface area contributed by atoms with Crippen LogP contribution in [-0.4, -0.2) is 20.0 Å². The van der Waals surface area contributed by atoms with Gasteiger partial charge in [-0.25, -0.2) is 0 Å². The highest BCUT2D eigenvalue weighted by molar-refractivity contribution is 5.13. The standard InChI is InChI=1S/C11H15O2/c1-3-13-11(12-2)9-10-7-5-4-6-8-10/h4-5,7-8,11H,3,9H2,1-2H3. The molecule has 1 aromatic carbocycles. The highest BCUT2D eigenvalue weighted by Crippen LogP contribution is 2.05. The van der Waals surface area contributed by atoms with Crippen LogP contribution in [-0.2, 0) is 15.9 Å². The van der Waals surface area contributed by atoms with E-state index in [0.717, 1.165) is 6.42 Å². The minimum absolute atomic E-state index is 0.138. The maximum absolute atomic E-state index is 5.36. The number of hydrogen-bond donors (Lipinski definition) is 0. The third-order valence-electron chi connectivity index (χ3n) is 1.79. The first-order valence-electron chi connectivity index (χ1n) is 4.46. The third-order valence-corrected chi connectivity index (χ3v) is 1.79. The Bertz CT molecular complexity index is 221. The number of methoxy groups -OCH3 is 1. The number of rotatable bonds is 5. The van der Waals surface area contributed by atoms with Crippen molar-refractivity contribution in [3.63, 3.8) is 0 Å².